The lowest BCUT2D eigenvalue weighted by Crippen LogP contribution is -2.50. The monoisotopic (exact) mass is 438 g/mol. The van der Waals surface area contributed by atoms with Gasteiger partial charge in [-0.2, -0.15) is 4.31 Å². The quantitative estimate of drug-likeness (QED) is 0.667. The third kappa shape index (κ3) is 5.14. The van der Waals surface area contributed by atoms with Crippen molar-refractivity contribution in [3.63, 3.8) is 0 Å². The van der Waals surface area contributed by atoms with Crippen LogP contribution in [-0.4, -0.2) is 56.3 Å². The summed E-state index contributed by atoms with van der Waals surface area (Å²) in [6.07, 6.45) is 0.873. The number of ether oxygens (including phenoxy) is 1. The second-order valence-corrected chi connectivity index (χ2v) is 8.84. The van der Waals surface area contributed by atoms with Crippen molar-refractivity contribution in [2.45, 2.75) is 24.7 Å². The van der Waals surface area contributed by atoms with Gasteiger partial charge < -0.3 is 9.64 Å². The van der Waals surface area contributed by atoms with Crippen molar-refractivity contribution < 1.29 is 26.7 Å². The van der Waals surface area contributed by atoms with E-state index in [1.165, 1.54) is 0 Å². The van der Waals surface area contributed by atoms with Crippen molar-refractivity contribution in [1.29, 1.82) is 0 Å². The first-order valence-corrected chi connectivity index (χ1v) is 11.2. The number of hydrogen-bond acceptors (Lipinski definition) is 4. The highest BCUT2D eigenvalue weighted by molar-refractivity contribution is 7.89. The number of sulfonamides is 1. The highest BCUT2D eigenvalue weighted by atomic mass is 32.2. The molecule has 3 rings (SSSR count). The van der Waals surface area contributed by atoms with Crippen LogP contribution in [0.15, 0.2) is 47.4 Å². The number of carbonyl (C=O) groups is 1. The molecule has 9 heteroatoms. The Morgan fingerprint density at radius 1 is 1.03 bits per heavy atom. The molecular weight excluding hydrogens is 414 g/mol. The van der Waals surface area contributed by atoms with Crippen LogP contribution in [0.5, 0.6) is 5.75 Å². The normalized spacial score (nSPS) is 15.2. The molecule has 0 atom stereocenters. The summed E-state index contributed by atoms with van der Waals surface area (Å²) in [5, 5.41) is 0. The minimum atomic E-state index is -4.16. The average molecular weight is 438 g/mol. The van der Waals surface area contributed by atoms with Crippen LogP contribution in [0, 0.1) is 11.6 Å². The van der Waals surface area contributed by atoms with Gasteiger partial charge in [0.05, 0.1) is 6.61 Å². The number of piperazine rings is 1. The van der Waals surface area contributed by atoms with E-state index in [0.29, 0.717) is 25.5 Å². The Balaban J connectivity index is 1.54. The number of hydrogen-bond donors (Lipinski definition) is 0. The summed E-state index contributed by atoms with van der Waals surface area (Å²) in [5.74, 6) is -1.11. The predicted molar refractivity (Wildman–Crippen MR) is 108 cm³/mol. The zero-order valence-corrected chi connectivity index (χ0v) is 17.5. The van der Waals surface area contributed by atoms with E-state index in [2.05, 4.69) is 0 Å². The van der Waals surface area contributed by atoms with E-state index >= 15 is 0 Å². The Morgan fingerprint density at radius 3 is 2.33 bits per heavy atom. The average Bonchev–Trinajstić information content (AvgIpc) is 2.75. The molecule has 0 spiro atoms. The van der Waals surface area contributed by atoms with Gasteiger partial charge in [0.25, 0.3) is 0 Å². The molecular formula is C21H24F2N2O4S. The molecule has 0 bridgehead atoms. The molecule has 30 heavy (non-hydrogen) atoms. The molecule has 1 aliphatic heterocycles. The van der Waals surface area contributed by atoms with Gasteiger partial charge in [0.2, 0.25) is 15.9 Å². The summed E-state index contributed by atoms with van der Waals surface area (Å²) in [6.45, 7) is 2.98. The van der Waals surface area contributed by atoms with Crippen molar-refractivity contribution in [3.05, 3.63) is 59.7 Å². The first-order valence-electron chi connectivity index (χ1n) is 9.76. The van der Waals surface area contributed by atoms with Crippen LogP contribution in [0.3, 0.4) is 0 Å². The first kappa shape index (κ1) is 22.2. The standard InChI is InChI=1S/C21H24F2N2O4S/c1-2-29-18-7-3-16(4-8-18)5-10-21(26)24-11-13-25(14-12-24)30(27,28)20-15-17(22)6-9-19(20)23/h3-4,6-9,15H,2,5,10-14H2,1H3. The highest BCUT2D eigenvalue weighted by Crippen LogP contribution is 2.22. The number of halogens is 2. The predicted octanol–water partition coefficient (Wildman–Crippen LogP) is 2.83. The molecule has 162 valence electrons. The largest absolute Gasteiger partial charge is 0.494 e. The maximum Gasteiger partial charge on any atom is 0.246 e. The van der Waals surface area contributed by atoms with Crippen LogP contribution in [-0.2, 0) is 21.2 Å². The molecule has 1 aliphatic rings. The van der Waals surface area contributed by atoms with E-state index in [0.717, 1.165) is 27.8 Å². The molecule has 1 amide bonds. The summed E-state index contributed by atoms with van der Waals surface area (Å²) in [7, 11) is -4.16. The minimum absolute atomic E-state index is 0.0348. The van der Waals surface area contributed by atoms with Crippen LogP contribution >= 0.6 is 0 Å². The summed E-state index contributed by atoms with van der Waals surface area (Å²) in [6, 6.07) is 9.89. The van der Waals surface area contributed by atoms with Crippen molar-refractivity contribution >= 4 is 15.9 Å². The lowest BCUT2D eigenvalue weighted by molar-refractivity contribution is -0.132. The summed E-state index contributed by atoms with van der Waals surface area (Å²) < 4.78 is 59.0. The zero-order valence-electron chi connectivity index (χ0n) is 16.7. The maximum atomic E-state index is 13.9. The Hall–Kier alpha value is -2.52. The molecule has 0 N–H and O–H groups in total. The van der Waals surface area contributed by atoms with Gasteiger partial charge in [0.15, 0.2) is 0 Å². The second-order valence-electron chi connectivity index (χ2n) is 6.94. The number of amides is 1. The van der Waals surface area contributed by atoms with Gasteiger partial charge in [-0.3, -0.25) is 4.79 Å². The fourth-order valence-corrected chi connectivity index (χ4v) is 4.82. The van der Waals surface area contributed by atoms with Crippen molar-refractivity contribution in [2.75, 3.05) is 32.8 Å². The maximum absolute atomic E-state index is 13.9. The Morgan fingerprint density at radius 2 is 1.70 bits per heavy atom. The van der Waals surface area contributed by atoms with E-state index in [9.17, 15) is 22.0 Å². The first-order chi connectivity index (χ1) is 14.3. The van der Waals surface area contributed by atoms with Crippen LogP contribution in [0.1, 0.15) is 18.9 Å². The van der Waals surface area contributed by atoms with Gasteiger partial charge in [0, 0.05) is 32.6 Å². The number of nitrogens with zero attached hydrogens (tertiary/aromatic N) is 2. The van der Waals surface area contributed by atoms with Crippen molar-refractivity contribution in [1.82, 2.24) is 9.21 Å². The van der Waals surface area contributed by atoms with Crippen LogP contribution in [0.2, 0.25) is 0 Å². The van der Waals surface area contributed by atoms with Gasteiger partial charge in [-0.05, 0) is 49.2 Å². The van der Waals surface area contributed by atoms with Crippen LogP contribution < -0.4 is 4.74 Å². The third-order valence-electron chi connectivity index (χ3n) is 4.96. The number of carbonyl (C=O) groups excluding carboxylic acids is 1. The number of benzene rings is 2. The lowest BCUT2D eigenvalue weighted by atomic mass is 10.1. The van der Waals surface area contributed by atoms with Crippen molar-refractivity contribution in [3.8, 4) is 5.75 Å². The van der Waals surface area contributed by atoms with Gasteiger partial charge >= 0.3 is 0 Å². The second kappa shape index (κ2) is 9.53. The molecule has 0 saturated carbocycles. The number of rotatable bonds is 7. The molecule has 1 fully saturated rings. The van der Waals surface area contributed by atoms with Gasteiger partial charge in [-0.25, -0.2) is 17.2 Å². The summed E-state index contributed by atoms with van der Waals surface area (Å²) in [4.78, 5) is 13.4. The van der Waals surface area contributed by atoms with E-state index in [4.69, 9.17) is 4.74 Å². The van der Waals surface area contributed by atoms with Gasteiger partial charge in [-0.15, -0.1) is 0 Å². The summed E-state index contributed by atoms with van der Waals surface area (Å²) in [5.41, 5.74) is 1.01. The fourth-order valence-electron chi connectivity index (χ4n) is 3.32. The molecule has 1 heterocycles. The zero-order chi connectivity index (χ0) is 21.7. The summed E-state index contributed by atoms with van der Waals surface area (Å²) >= 11 is 0. The third-order valence-corrected chi connectivity index (χ3v) is 6.88. The molecule has 0 aromatic heterocycles. The number of aryl methyl sites for hydroxylation is 1. The topological polar surface area (TPSA) is 66.9 Å². The lowest BCUT2D eigenvalue weighted by Gasteiger charge is -2.34. The molecule has 6 nitrogen and oxygen atoms in total. The SMILES string of the molecule is CCOc1ccc(CCC(=O)N2CCN(S(=O)(=O)c3cc(F)ccc3F)CC2)cc1. The Bertz CT molecular complexity index is 989. The Labute approximate surface area is 175 Å². The van der Waals surface area contributed by atoms with Gasteiger partial charge in [0.1, 0.15) is 22.3 Å². The van der Waals surface area contributed by atoms with Crippen LogP contribution in [0.25, 0.3) is 0 Å². The van der Waals surface area contributed by atoms with E-state index in [-0.39, 0.29) is 32.1 Å². The van der Waals surface area contributed by atoms with Crippen molar-refractivity contribution in [2.24, 2.45) is 0 Å². The fraction of sp³-hybridized carbons (Fsp3) is 0.381. The molecule has 0 unspecified atom stereocenters. The molecule has 2 aromatic carbocycles. The van der Waals surface area contributed by atoms with Gasteiger partial charge in [-0.1, -0.05) is 12.1 Å². The van der Waals surface area contributed by atoms with E-state index in [1.807, 2.05) is 31.2 Å². The molecule has 2 aromatic rings. The smallest absolute Gasteiger partial charge is 0.246 e. The van der Waals surface area contributed by atoms with Crippen LogP contribution in [0.4, 0.5) is 8.78 Å². The molecule has 1 saturated heterocycles. The minimum Gasteiger partial charge on any atom is -0.494 e. The highest BCUT2D eigenvalue weighted by Gasteiger charge is 2.32. The van der Waals surface area contributed by atoms with E-state index < -0.39 is 26.6 Å². The van der Waals surface area contributed by atoms with E-state index in [1.54, 1.807) is 4.90 Å². The molecule has 0 radical (unpaired) electrons. The Kier molecular flexibility index (Phi) is 7.04. The molecule has 0 aliphatic carbocycles.